The van der Waals surface area contributed by atoms with E-state index < -0.39 is 0 Å². The molecular weight excluding hydrogens is 300 g/mol. The Labute approximate surface area is 131 Å². The van der Waals surface area contributed by atoms with Crippen LogP contribution in [0.15, 0.2) is 18.6 Å². The Bertz CT molecular complexity index is 822. The molecule has 1 amide bonds. The summed E-state index contributed by atoms with van der Waals surface area (Å²) in [5, 5.41) is 11.2. The van der Waals surface area contributed by atoms with Crippen molar-refractivity contribution in [1.29, 1.82) is 0 Å². The quantitative estimate of drug-likeness (QED) is 0.795. The zero-order chi connectivity index (χ0) is 15.7. The molecule has 0 spiro atoms. The van der Waals surface area contributed by atoms with Crippen LogP contribution >= 0.6 is 11.5 Å². The van der Waals surface area contributed by atoms with E-state index in [-0.39, 0.29) is 11.8 Å². The number of nitrogens with zero attached hydrogens (tertiary/aromatic N) is 5. The summed E-state index contributed by atoms with van der Waals surface area (Å²) in [6.45, 7) is 6.45. The lowest BCUT2D eigenvalue weighted by molar-refractivity contribution is 0.0952. The van der Waals surface area contributed by atoms with Gasteiger partial charge in [-0.15, -0.1) is 5.10 Å². The summed E-state index contributed by atoms with van der Waals surface area (Å²) >= 11 is 1.31. The summed E-state index contributed by atoms with van der Waals surface area (Å²) in [6.07, 6.45) is 5.09. The molecule has 3 aromatic rings. The number of nitrogens with one attached hydrogen (secondary N) is 1. The van der Waals surface area contributed by atoms with Crippen molar-refractivity contribution in [1.82, 2.24) is 29.5 Å². The lowest BCUT2D eigenvalue weighted by Crippen LogP contribution is -2.23. The number of amides is 1. The summed E-state index contributed by atoms with van der Waals surface area (Å²) in [6, 6.07) is 0. The maximum absolute atomic E-state index is 12.3. The first-order valence-corrected chi connectivity index (χ1v) is 7.73. The Morgan fingerprint density at radius 2 is 2.23 bits per heavy atom. The van der Waals surface area contributed by atoms with Gasteiger partial charge in [-0.1, -0.05) is 18.3 Å². The molecule has 1 N–H and O–H groups in total. The van der Waals surface area contributed by atoms with Gasteiger partial charge in [-0.2, -0.15) is 5.10 Å². The van der Waals surface area contributed by atoms with Gasteiger partial charge in [-0.05, 0) is 29.9 Å². The highest BCUT2D eigenvalue weighted by Crippen LogP contribution is 2.19. The van der Waals surface area contributed by atoms with Gasteiger partial charge in [0.25, 0.3) is 5.91 Å². The van der Waals surface area contributed by atoms with Crippen molar-refractivity contribution < 1.29 is 4.79 Å². The number of aryl methyl sites for hydroxylation is 1. The molecular formula is C14H16N6OS. The third-order valence-electron chi connectivity index (χ3n) is 3.27. The van der Waals surface area contributed by atoms with Crippen molar-refractivity contribution in [3.8, 4) is 0 Å². The summed E-state index contributed by atoms with van der Waals surface area (Å²) in [4.78, 5) is 17.6. The maximum atomic E-state index is 12.3. The van der Waals surface area contributed by atoms with Gasteiger partial charge in [-0.3, -0.25) is 4.79 Å². The van der Waals surface area contributed by atoms with Crippen molar-refractivity contribution in [3.05, 3.63) is 40.3 Å². The molecule has 0 radical (unpaired) electrons. The number of aromatic nitrogens is 5. The number of carbonyl (C=O) groups excluding carboxylic acids is 1. The van der Waals surface area contributed by atoms with Gasteiger partial charge in [0.05, 0.1) is 23.3 Å². The van der Waals surface area contributed by atoms with Crippen LogP contribution in [0.25, 0.3) is 5.65 Å². The van der Waals surface area contributed by atoms with E-state index in [1.165, 1.54) is 17.7 Å². The van der Waals surface area contributed by atoms with Crippen molar-refractivity contribution in [2.24, 2.45) is 0 Å². The molecule has 8 heteroatoms. The predicted octanol–water partition coefficient (Wildman–Crippen LogP) is 1.94. The normalized spacial score (nSPS) is 11.3. The van der Waals surface area contributed by atoms with E-state index in [9.17, 15) is 4.79 Å². The minimum atomic E-state index is -0.200. The fraction of sp³-hybridized carbons (Fsp3) is 0.357. The average Bonchev–Trinajstić information content (AvgIpc) is 3.10. The standard InChI is InChI=1S/C14H16N6OS/c1-8(2)12-11(22-19-18-12)6-16-14(21)10-5-17-20-7-9(3)4-15-13(10)20/h4-5,7-8H,6H2,1-3H3,(H,16,21). The van der Waals surface area contributed by atoms with Crippen LogP contribution in [0.5, 0.6) is 0 Å². The van der Waals surface area contributed by atoms with Crippen molar-refractivity contribution in [3.63, 3.8) is 0 Å². The molecule has 0 aliphatic carbocycles. The van der Waals surface area contributed by atoms with E-state index in [2.05, 4.69) is 38.8 Å². The first-order valence-electron chi connectivity index (χ1n) is 6.95. The van der Waals surface area contributed by atoms with E-state index >= 15 is 0 Å². The summed E-state index contributed by atoms with van der Waals surface area (Å²) in [5.74, 6) is 0.0849. The van der Waals surface area contributed by atoms with Crippen molar-refractivity contribution in [2.45, 2.75) is 33.2 Å². The van der Waals surface area contributed by atoms with Gasteiger partial charge >= 0.3 is 0 Å². The van der Waals surface area contributed by atoms with Crippen molar-refractivity contribution in [2.75, 3.05) is 0 Å². The van der Waals surface area contributed by atoms with Gasteiger partial charge in [0, 0.05) is 12.4 Å². The van der Waals surface area contributed by atoms with E-state index in [1.54, 1.807) is 10.7 Å². The highest BCUT2D eigenvalue weighted by Gasteiger charge is 2.16. The molecule has 3 aromatic heterocycles. The molecule has 3 heterocycles. The molecule has 0 aliphatic rings. The highest BCUT2D eigenvalue weighted by atomic mass is 32.1. The van der Waals surface area contributed by atoms with Crippen LogP contribution in [0, 0.1) is 6.92 Å². The number of carbonyl (C=O) groups is 1. The lowest BCUT2D eigenvalue weighted by atomic mass is 10.1. The molecule has 0 aromatic carbocycles. The third-order valence-corrected chi connectivity index (χ3v) is 4.01. The Morgan fingerprint density at radius 1 is 1.41 bits per heavy atom. The number of rotatable bonds is 4. The van der Waals surface area contributed by atoms with Crippen LogP contribution in [0.3, 0.4) is 0 Å². The molecule has 22 heavy (non-hydrogen) atoms. The number of hydrogen-bond donors (Lipinski definition) is 1. The van der Waals surface area contributed by atoms with E-state index in [0.29, 0.717) is 17.8 Å². The molecule has 0 fully saturated rings. The first-order chi connectivity index (χ1) is 10.6. The lowest BCUT2D eigenvalue weighted by Gasteiger charge is -2.05. The van der Waals surface area contributed by atoms with E-state index in [4.69, 9.17) is 0 Å². The molecule has 0 bridgehead atoms. The predicted molar refractivity (Wildman–Crippen MR) is 82.9 cm³/mol. The van der Waals surface area contributed by atoms with E-state index in [0.717, 1.165) is 16.1 Å². The van der Waals surface area contributed by atoms with Crippen molar-refractivity contribution >= 4 is 23.1 Å². The average molecular weight is 316 g/mol. The Kier molecular flexibility index (Phi) is 3.84. The second kappa shape index (κ2) is 5.80. The van der Waals surface area contributed by atoms with Crippen LogP contribution in [-0.4, -0.2) is 30.1 Å². The molecule has 0 atom stereocenters. The minimum Gasteiger partial charge on any atom is -0.347 e. The zero-order valence-electron chi connectivity index (χ0n) is 12.6. The number of hydrogen-bond acceptors (Lipinski definition) is 6. The van der Waals surface area contributed by atoms with E-state index in [1.807, 2.05) is 13.1 Å². The zero-order valence-corrected chi connectivity index (χ0v) is 13.4. The van der Waals surface area contributed by atoms with Gasteiger partial charge < -0.3 is 5.32 Å². The third kappa shape index (κ3) is 2.69. The largest absolute Gasteiger partial charge is 0.347 e. The molecule has 0 saturated heterocycles. The second-order valence-corrected chi connectivity index (χ2v) is 6.22. The van der Waals surface area contributed by atoms with Crippen LogP contribution < -0.4 is 5.32 Å². The minimum absolute atomic E-state index is 0.200. The summed E-state index contributed by atoms with van der Waals surface area (Å²) in [7, 11) is 0. The molecule has 114 valence electrons. The van der Waals surface area contributed by atoms with Gasteiger partial charge in [0.1, 0.15) is 5.56 Å². The van der Waals surface area contributed by atoms with Crippen LogP contribution in [0.4, 0.5) is 0 Å². The Balaban J connectivity index is 1.77. The number of fused-ring (bicyclic) bond motifs is 1. The Hall–Kier alpha value is -2.35. The fourth-order valence-electron chi connectivity index (χ4n) is 2.16. The fourth-order valence-corrected chi connectivity index (χ4v) is 2.89. The molecule has 0 unspecified atom stereocenters. The molecule has 0 saturated carbocycles. The maximum Gasteiger partial charge on any atom is 0.257 e. The summed E-state index contributed by atoms with van der Waals surface area (Å²) in [5.41, 5.74) is 2.93. The van der Waals surface area contributed by atoms with Gasteiger partial charge in [-0.25, -0.2) is 9.50 Å². The van der Waals surface area contributed by atoms with Crippen LogP contribution in [0.1, 0.15) is 46.3 Å². The van der Waals surface area contributed by atoms with Gasteiger partial charge in [0.2, 0.25) is 0 Å². The smallest absolute Gasteiger partial charge is 0.257 e. The summed E-state index contributed by atoms with van der Waals surface area (Å²) < 4.78 is 5.56. The molecule has 3 rings (SSSR count). The Morgan fingerprint density at radius 3 is 3.00 bits per heavy atom. The highest BCUT2D eigenvalue weighted by molar-refractivity contribution is 7.05. The van der Waals surface area contributed by atoms with Crippen LogP contribution in [0.2, 0.25) is 0 Å². The first kappa shape index (κ1) is 14.6. The SMILES string of the molecule is Cc1cnc2c(C(=O)NCc3snnc3C(C)C)cnn2c1. The molecule has 0 aliphatic heterocycles. The monoisotopic (exact) mass is 316 g/mol. The van der Waals surface area contributed by atoms with Crippen LogP contribution in [-0.2, 0) is 6.54 Å². The second-order valence-electron chi connectivity index (χ2n) is 5.38. The topological polar surface area (TPSA) is 85.1 Å². The molecule has 7 nitrogen and oxygen atoms in total. The van der Waals surface area contributed by atoms with Gasteiger partial charge in [0.15, 0.2) is 5.65 Å².